The second-order valence-electron chi connectivity index (χ2n) is 4.84. The van der Waals surface area contributed by atoms with Gasteiger partial charge in [0.05, 0.1) is 18.8 Å². The molecule has 0 aromatic heterocycles. The number of benzene rings is 1. The maximum atomic E-state index is 13.0. The molecule has 0 fully saturated rings. The van der Waals surface area contributed by atoms with Crippen LogP contribution in [0.3, 0.4) is 0 Å². The molecule has 0 spiro atoms. The predicted molar refractivity (Wildman–Crippen MR) is 76.3 cm³/mol. The van der Waals surface area contributed by atoms with E-state index in [9.17, 15) is 9.67 Å². The van der Waals surface area contributed by atoms with Gasteiger partial charge in [-0.1, -0.05) is 30.3 Å². The molecule has 5 heteroatoms. The largest absolute Gasteiger partial charge is 0.389 e. The highest BCUT2D eigenvalue weighted by Crippen LogP contribution is 2.64. The van der Waals surface area contributed by atoms with Gasteiger partial charge in [0.2, 0.25) is 0 Å². The van der Waals surface area contributed by atoms with Gasteiger partial charge in [-0.25, -0.2) is 0 Å². The second-order valence-corrected chi connectivity index (χ2v) is 6.95. The highest BCUT2D eigenvalue weighted by molar-refractivity contribution is 7.54. The average Bonchev–Trinajstić information content (AvgIpc) is 2.28. The van der Waals surface area contributed by atoms with E-state index in [1.54, 1.807) is 27.7 Å². The van der Waals surface area contributed by atoms with Crippen LogP contribution in [0.5, 0.6) is 0 Å². The van der Waals surface area contributed by atoms with Gasteiger partial charge in [-0.3, -0.25) is 4.57 Å². The molecule has 19 heavy (non-hydrogen) atoms. The van der Waals surface area contributed by atoms with Crippen molar-refractivity contribution in [2.75, 3.05) is 13.2 Å². The monoisotopic (exact) mass is 286 g/mol. The van der Waals surface area contributed by atoms with Crippen molar-refractivity contribution >= 4 is 7.60 Å². The summed E-state index contributed by atoms with van der Waals surface area (Å²) in [4.78, 5) is 0. The summed E-state index contributed by atoms with van der Waals surface area (Å²) in [6.07, 6.45) is 0. The lowest BCUT2D eigenvalue weighted by molar-refractivity contribution is 0.0597. The molecule has 0 heterocycles. The highest BCUT2D eigenvalue weighted by Gasteiger charge is 2.45. The maximum absolute atomic E-state index is 13.0. The standard InChI is InChI=1S/C14H23O4P/c1-5-17-19(16,18-6-2)13(14(3,4)15)12-10-8-7-9-11-12/h7-11,13,15H,5-6H2,1-4H3. The molecule has 4 nitrogen and oxygen atoms in total. The van der Waals surface area contributed by atoms with E-state index in [2.05, 4.69) is 0 Å². The topological polar surface area (TPSA) is 55.8 Å². The summed E-state index contributed by atoms with van der Waals surface area (Å²) < 4.78 is 23.7. The fourth-order valence-corrected chi connectivity index (χ4v) is 4.56. The van der Waals surface area contributed by atoms with E-state index < -0.39 is 18.9 Å². The zero-order chi connectivity index (χ0) is 14.5. The number of rotatable bonds is 7. The van der Waals surface area contributed by atoms with E-state index in [4.69, 9.17) is 9.05 Å². The minimum Gasteiger partial charge on any atom is -0.389 e. The zero-order valence-corrected chi connectivity index (χ0v) is 12.9. The van der Waals surface area contributed by atoms with Gasteiger partial charge in [-0.15, -0.1) is 0 Å². The predicted octanol–water partition coefficient (Wildman–Crippen LogP) is 3.76. The maximum Gasteiger partial charge on any atom is 0.340 e. The van der Waals surface area contributed by atoms with E-state index in [0.29, 0.717) is 0 Å². The van der Waals surface area contributed by atoms with Gasteiger partial charge in [0, 0.05) is 0 Å². The van der Waals surface area contributed by atoms with Crippen LogP contribution in [0.4, 0.5) is 0 Å². The zero-order valence-electron chi connectivity index (χ0n) is 12.0. The molecule has 0 amide bonds. The van der Waals surface area contributed by atoms with Crippen molar-refractivity contribution < 1.29 is 18.7 Å². The third-order valence-corrected chi connectivity index (χ3v) is 5.52. The number of hydrogen-bond acceptors (Lipinski definition) is 4. The smallest absolute Gasteiger partial charge is 0.340 e. The van der Waals surface area contributed by atoms with Crippen LogP contribution in [0.25, 0.3) is 0 Å². The van der Waals surface area contributed by atoms with Gasteiger partial charge in [0.15, 0.2) is 0 Å². The van der Waals surface area contributed by atoms with Crippen LogP contribution in [-0.2, 0) is 13.6 Å². The summed E-state index contributed by atoms with van der Waals surface area (Å²) in [6.45, 7) is 7.31. The molecule has 0 saturated heterocycles. The van der Waals surface area contributed by atoms with E-state index in [1.165, 1.54) is 0 Å². The Kier molecular flexibility index (Phi) is 5.75. The molecule has 1 atom stereocenters. The Bertz CT molecular complexity index is 415. The van der Waals surface area contributed by atoms with Crippen LogP contribution in [0, 0.1) is 0 Å². The van der Waals surface area contributed by atoms with Crippen molar-refractivity contribution in [3.8, 4) is 0 Å². The van der Waals surface area contributed by atoms with Crippen molar-refractivity contribution in [2.24, 2.45) is 0 Å². The van der Waals surface area contributed by atoms with Gasteiger partial charge in [-0.05, 0) is 33.3 Å². The van der Waals surface area contributed by atoms with Crippen LogP contribution < -0.4 is 0 Å². The molecule has 108 valence electrons. The summed E-state index contributed by atoms with van der Waals surface area (Å²) >= 11 is 0. The molecule has 1 rings (SSSR count). The van der Waals surface area contributed by atoms with Crippen molar-refractivity contribution in [3.05, 3.63) is 35.9 Å². The Balaban J connectivity index is 3.27. The Morgan fingerprint density at radius 2 is 1.63 bits per heavy atom. The SMILES string of the molecule is CCOP(=O)(OCC)C(c1ccccc1)C(C)(C)O. The Hall–Kier alpha value is -0.670. The number of hydrogen-bond donors (Lipinski definition) is 1. The van der Waals surface area contributed by atoms with E-state index >= 15 is 0 Å². The molecule has 0 aliphatic carbocycles. The summed E-state index contributed by atoms with van der Waals surface area (Å²) in [7, 11) is -3.42. The minimum absolute atomic E-state index is 0.274. The first-order valence-corrected chi connectivity index (χ1v) is 8.12. The average molecular weight is 286 g/mol. The lowest BCUT2D eigenvalue weighted by atomic mass is 9.98. The highest BCUT2D eigenvalue weighted by atomic mass is 31.2. The fraction of sp³-hybridized carbons (Fsp3) is 0.571. The first-order valence-electron chi connectivity index (χ1n) is 6.51. The van der Waals surface area contributed by atoms with Crippen LogP contribution in [0.2, 0.25) is 0 Å². The number of aliphatic hydroxyl groups is 1. The first-order chi connectivity index (χ1) is 8.85. The normalized spacial score (nSPS) is 14.4. The van der Waals surface area contributed by atoms with Crippen LogP contribution >= 0.6 is 7.60 Å². The third-order valence-electron chi connectivity index (χ3n) is 2.72. The summed E-state index contributed by atoms with van der Waals surface area (Å²) in [5, 5.41) is 10.4. The lowest BCUT2D eigenvalue weighted by Crippen LogP contribution is -2.30. The molecule has 0 radical (unpaired) electrons. The molecule has 1 unspecified atom stereocenters. The summed E-state index contributed by atoms with van der Waals surface area (Å²) in [5.74, 6) is 0. The molecule has 0 bridgehead atoms. The van der Waals surface area contributed by atoms with Gasteiger partial charge in [0.1, 0.15) is 5.66 Å². The Morgan fingerprint density at radius 1 is 1.16 bits per heavy atom. The van der Waals surface area contributed by atoms with E-state index in [1.807, 2.05) is 30.3 Å². The molecule has 0 aliphatic rings. The van der Waals surface area contributed by atoms with Gasteiger partial charge >= 0.3 is 7.60 Å². The van der Waals surface area contributed by atoms with Crippen LogP contribution in [0.15, 0.2) is 30.3 Å². The van der Waals surface area contributed by atoms with E-state index in [-0.39, 0.29) is 13.2 Å². The molecular formula is C14H23O4P. The van der Waals surface area contributed by atoms with Crippen molar-refractivity contribution in [1.82, 2.24) is 0 Å². The molecular weight excluding hydrogens is 263 g/mol. The minimum atomic E-state index is -3.42. The van der Waals surface area contributed by atoms with Gasteiger partial charge < -0.3 is 14.2 Å². The first kappa shape index (κ1) is 16.4. The second kappa shape index (κ2) is 6.67. The van der Waals surface area contributed by atoms with Crippen molar-refractivity contribution in [3.63, 3.8) is 0 Å². The third kappa shape index (κ3) is 4.15. The summed E-state index contributed by atoms with van der Waals surface area (Å²) in [6, 6.07) is 9.21. The molecule has 1 N–H and O–H groups in total. The Labute approximate surface area is 115 Å². The molecule has 0 saturated carbocycles. The quantitative estimate of drug-likeness (QED) is 0.775. The fourth-order valence-electron chi connectivity index (χ4n) is 2.16. The van der Waals surface area contributed by atoms with Crippen molar-refractivity contribution in [1.29, 1.82) is 0 Å². The van der Waals surface area contributed by atoms with E-state index in [0.717, 1.165) is 5.56 Å². The molecule has 1 aromatic rings. The van der Waals surface area contributed by atoms with Gasteiger partial charge in [-0.2, -0.15) is 0 Å². The van der Waals surface area contributed by atoms with Crippen LogP contribution in [0.1, 0.15) is 38.9 Å². The Morgan fingerprint density at radius 3 is 2.00 bits per heavy atom. The van der Waals surface area contributed by atoms with Gasteiger partial charge in [0.25, 0.3) is 0 Å². The lowest BCUT2D eigenvalue weighted by Gasteiger charge is -2.34. The van der Waals surface area contributed by atoms with Crippen LogP contribution in [-0.4, -0.2) is 23.9 Å². The molecule has 0 aliphatic heterocycles. The van der Waals surface area contributed by atoms with Crippen molar-refractivity contribution in [2.45, 2.75) is 39.0 Å². The molecule has 1 aromatic carbocycles. The summed E-state index contributed by atoms with van der Waals surface area (Å²) in [5.41, 5.74) is -1.16.